The van der Waals surface area contributed by atoms with Crippen LogP contribution in [0.3, 0.4) is 0 Å². The van der Waals surface area contributed by atoms with Crippen LogP contribution in [-0.4, -0.2) is 35.1 Å². The number of aliphatic imine (C=N–C) groups is 2. The molecule has 1 heterocycles. The summed E-state index contributed by atoms with van der Waals surface area (Å²) in [6.07, 6.45) is -0.240. The van der Waals surface area contributed by atoms with Crippen LogP contribution in [0.25, 0.3) is 0 Å². The molecule has 2 aromatic rings. The summed E-state index contributed by atoms with van der Waals surface area (Å²) in [4.78, 5) is 9.74. The van der Waals surface area contributed by atoms with E-state index in [1.54, 1.807) is 29.2 Å². The molecule has 9 heteroatoms. The summed E-state index contributed by atoms with van der Waals surface area (Å²) in [5, 5.41) is 10.3. The average molecular weight is 392 g/mol. The Kier molecular flexibility index (Phi) is 5.66. The van der Waals surface area contributed by atoms with Crippen molar-refractivity contribution in [3.8, 4) is 11.5 Å². The van der Waals surface area contributed by atoms with E-state index >= 15 is 0 Å². The van der Waals surface area contributed by atoms with E-state index in [0.717, 1.165) is 0 Å². The number of aromatic hydroxyl groups is 1. The minimum atomic E-state index is -0.815. The zero-order valence-corrected chi connectivity index (χ0v) is 15.1. The fourth-order valence-corrected chi connectivity index (χ4v) is 2.82. The molecule has 27 heavy (non-hydrogen) atoms. The summed E-state index contributed by atoms with van der Waals surface area (Å²) >= 11 is 5.84. The number of rotatable bonds is 6. The van der Waals surface area contributed by atoms with Crippen LogP contribution in [-0.2, 0) is 0 Å². The third kappa shape index (κ3) is 4.40. The van der Waals surface area contributed by atoms with E-state index in [9.17, 15) is 9.50 Å². The lowest BCUT2D eigenvalue weighted by atomic mass is 10.1. The lowest BCUT2D eigenvalue weighted by molar-refractivity contribution is 0.254. The fourth-order valence-electron chi connectivity index (χ4n) is 2.70. The van der Waals surface area contributed by atoms with Crippen LogP contribution in [0.1, 0.15) is 18.2 Å². The van der Waals surface area contributed by atoms with Gasteiger partial charge in [-0.2, -0.15) is 4.99 Å². The predicted octanol–water partition coefficient (Wildman–Crippen LogP) is 2.60. The first-order chi connectivity index (χ1) is 13.0. The maximum absolute atomic E-state index is 14.4. The van der Waals surface area contributed by atoms with Gasteiger partial charge in [-0.3, -0.25) is 0 Å². The molecule has 7 nitrogen and oxygen atoms in total. The highest BCUT2D eigenvalue weighted by Crippen LogP contribution is 2.30. The lowest BCUT2D eigenvalue weighted by Gasteiger charge is -2.32. The molecule has 0 spiro atoms. The monoisotopic (exact) mass is 391 g/mol. The van der Waals surface area contributed by atoms with Crippen LogP contribution in [0.2, 0.25) is 5.02 Å². The van der Waals surface area contributed by atoms with Crippen LogP contribution in [0.15, 0.2) is 52.4 Å². The lowest BCUT2D eigenvalue weighted by Crippen LogP contribution is -2.45. The number of phenols is 1. The molecular formula is C18H19ClFN5O2. The maximum atomic E-state index is 14.4. The summed E-state index contributed by atoms with van der Waals surface area (Å²) in [6, 6.07) is 11.3. The molecular weight excluding hydrogens is 373 g/mol. The van der Waals surface area contributed by atoms with E-state index in [1.807, 2.05) is 0 Å². The van der Waals surface area contributed by atoms with Crippen molar-refractivity contribution in [3.63, 3.8) is 0 Å². The molecule has 0 amide bonds. The van der Waals surface area contributed by atoms with E-state index in [4.69, 9.17) is 27.8 Å². The molecule has 0 radical (unpaired) electrons. The normalized spacial score (nSPS) is 16.7. The number of nitrogens with two attached hydrogens (primary N) is 2. The standard InChI is InChI=1S/C18H19ClFN5O2/c19-11-5-7-12(8-6-11)27-10-2-9-25-16(23-17(21)24-18(25)22)13-3-1-4-14(26)15(13)20/h1,3-8,16,26H,2,9-10H2,(H4,21,22,23,24). The van der Waals surface area contributed by atoms with Crippen molar-refractivity contribution in [1.82, 2.24) is 4.90 Å². The van der Waals surface area contributed by atoms with Gasteiger partial charge in [-0.05, 0) is 36.8 Å². The second kappa shape index (κ2) is 8.13. The second-order valence-corrected chi connectivity index (χ2v) is 6.30. The highest BCUT2D eigenvalue weighted by molar-refractivity contribution is 6.30. The Hall–Kier alpha value is -3.00. The Balaban J connectivity index is 1.68. The molecule has 142 valence electrons. The second-order valence-electron chi connectivity index (χ2n) is 5.86. The largest absolute Gasteiger partial charge is 0.505 e. The molecule has 0 fully saturated rings. The number of nitrogens with zero attached hydrogens (tertiary/aromatic N) is 3. The van der Waals surface area contributed by atoms with Gasteiger partial charge in [0.05, 0.1) is 6.61 Å². The topological polar surface area (TPSA) is 109 Å². The van der Waals surface area contributed by atoms with Gasteiger partial charge in [0.25, 0.3) is 0 Å². The number of phenolic OH excluding ortho intramolecular Hbond substituents is 1. The minimum Gasteiger partial charge on any atom is -0.505 e. The van der Waals surface area contributed by atoms with Crippen LogP contribution in [0, 0.1) is 5.82 Å². The van der Waals surface area contributed by atoms with E-state index in [2.05, 4.69) is 9.98 Å². The van der Waals surface area contributed by atoms with Gasteiger partial charge >= 0.3 is 0 Å². The van der Waals surface area contributed by atoms with Gasteiger partial charge in [-0.15, -0.1) is 0 Å². The summed E-state index contributed by atoms with van der Waals surface area (Å²) in [5.41, 5.74) is 11.8. The van der Waals surface area contributed by atoms with Crippen molar-refractivity contribution in [1.29, 1.82) is 0 Å². The first kappa shape index (κ1) is 18.8. The molecule has 0 saturated carbocycles. The molecule has 1 atom stereocenters. The van der Waals surface area contributed by atoms with Crippen molar-refractivity contribution >= 4 is 23.5 Å². The first-order valence-electron chi connectivity index (χ1n) is 8.25. The maximum Gasteiger partial charge on any atom is 0.220 e. The molecule has 2 aromatic carbocycles. The quantitative estimate of drug-likeness (QED) is 0.656. The zero-order valence-electron chi connectivity index (χ0n) is 14.3. The summed E-state index contributed by atoms with van der Waals surface area (Å²) in [7, 11) is 0. The van der Waals surface area contributed by atoms with Gasteiger partial charge in [0.2, 0.25) is 11.9 Å². The molecule has 0 bridgehead atoms. The van der Waals surface area contributed by atoms with Gasteiger partial charge in [0, 0.05) is 17.1 Å². The third-order valence-corrected chi connectivity index (χ3v) is 4.24. The number of ether oxygens (including phenoxy) is 1. The SMILES string of the molecule is NC1=NC(c2cccc(O)c2F)N(CCCOc2ccc(Cl)cc2)C(N)=N1. The molecule has 1 unspecified atom stereocenters. The van der Waals surface area contributed by atoms with Gasteiger partial charge in [-0.1, -0.05) is 23.7 Å². The smallest absolute Gasteiger partial charge is 0.220 e. The Morgan fingerprint density at radius 1 is 1.19 bits per heavy atom. The summed E-state index contributed by atoms with van der Waals surface area (Å²) in [6.45, 7) is 0.805. The summed E-state index contributed by atoms with van der Waals surface area (Å²) < 4.78 is 20.0. The molecule has 3 rings (SSSR count). The molecule has 0 aliphatic carbocycles. The van der Waals surface area contributed by atoms with Gasteiger partial charge in [-0.25, -0.2) is 9.38 Å². The Morgan fingerprint density at radius 3 is 2.67 bits per heavy atom. The Bertz CT molecular complexity index is 873. The van der Waals surface area contributed by atoms with Crippen LogP contribution in [0.5, 0.6) is 11.5 Å². The van der Waals surface area contributed by atoms with Crippen molar-refractivity contribution in [2.75, 3.05) is 13.2 Å². The van der Waals surface area contributed by atoms with E-state index < -0.39 is 17.7 Å². The van der Waals surface area contributed by atoms with Crippen molar-refractivity contribution in [2.24, 2.45) is 21.5 Å². The highest BCUT2D eigenvalue weighted by Gasteiger charge is 2.28. The van der Waals surface area contributed by atoms with Crippen LogP contribution in [0.4, 0.5) is 4.39 Å². The Morgan fingerprint density at radius 2 is 1.93 bits per heavy atom. The van der Waals surface area contributed by atoms with E-state index in [-0.39, 0.29) is 17.5 Å². The van der Waals surface area contributed by atoms with E-state index in [1.165, 1.54) is 18.2 Å². The Labute approximate surface area is 160 Å². The average Bonchev–Trinajstić information content (AvgIpc) is 2.63. The van der Waals surface area contributed by atoms with Crippen molar-refractivity contribution in [2.45, 2.75) is 12.6 Å². The van der Waals surface area contributed by atoms with Crippen molar-refractivity contribution < 1.29 is 14.2 Å². The third-order valence-electron chi connectivity index (χ3n) is 3.99. The molecule has 0 saturated heterocycles. The van der Waals surface area contributed by atoms with Gasteiger partial charge in [0.1, 0.15) is 5.75 Å². The van der Waals surface area contributed by atoms with Gasteiger partial charge in [0.15, 0.2) is 17.7 Å². The fraction of sp³-hybridized carbons (Fsp3) is 0.222. The number of hydrogen-bond acceptors (Lipinski definition) is 7. The number of guanidine groups is 2. The summed E-state index contributed by atoms with van der Waals surface area (Å²) in [5.74, 6) is -0.460. The molecule has 1 aliphatic rings. The van der Waals surface area contributed by atoms with Crippen LogP contribution < -0.4 is 16.2 Å². The first-order valence-corrected chi connectivity index (χ1v) is 8.63. The molecule has 1 aliphatic heterocycles. The minimum absolute atomic E-state index is 0.0473. The van der Waals surface area contributed by atoms with E-state index in [0.29, 0.717) is 30.3 Å². The predicted molar refractivity (Wildman–Crippen MR) is 102 cm³/mol. The molecule has 0 aromatic heterocycles. The highest BCUT2D eigenvalue weighted by atomic mass is 35.5. The number of hydrogen-bond donors (Lipinski definition) is 3. The van der Waals surface area contributed by atoms with Crippen LogP contribution >= 0.6 is 11.6 Å². The number of halogens is 2. The molecule has 5 N–H and O–H groups in total. The zero-order chi connectivity index (χ0) is 19.4. The van der Waals surface area contributed by atoms with Gasteiger partial charge < -0.3 is 26.2 Å². The van der Waals surface area contributed by atoms with Crippen molar-refractivity contribution in [3.05, 3.63) is 58.9 Å². The number of benzene rings is 2.